The average molecular weight is 1530 g/mol. The molecule has 17 aromatic rings. The smallest absolute Gasteiger partial charge is 0.268 e. The van der Waals surface area contributed by atoms with E-state index in [1.54, 1.807) is 111 Å². The monoisotopic (exact) mass is 1530 g/mol. The van der Waals surface area contributed by atoms with Crippen molar-refractivity contribution in [3.63, 3.8) is 0 Å². The summed E-state index contributed by atoms with van der Waals surface area (Å²) in [5.41, 5.74) is 12.1. The molecule has 9 aromatic heterocycles. The number of Topliss-reactive ketones (excluding diaryl/α,β-unsaturated/α-hetero) is 2. The number of rotatable bonds is 18. The van der Waals surface area contributed by atoms with E-state index in [9.17, 15) is 20.0 Å². The van der Waals surface area contributed by atoms with Crippen molar-refractivity contribution in [2.24, 2.45) is 0 Å². The number of aromatic nitrogens is 17. The van der Waals surface area contributed by atoms with E-state index in [1.165, 1.54) is 25.6 Å². The van der Waals surface area contributed by atoms with Gasteiger partial charge in [-0.1, -0.05) is 130 Å². The van der Waals surface area contributed by atoms with Gasteiger partial charge in [-0.2, -0.15) is 0 Å². The number of hydrogen-bond donors (Lipinski definition) is 2. The molecule has 112 heavy (non-hydrogen) atoms. The first kappa shape index (κ1) is 76.3. The highest BCUT2D eigenvalue weighted by molar-refractivity contribution is 6.34. The maximum absolute atomic E-state index is 11.7. The van der Waals surface area contributed by atoms with Crippen molar-refractivity contribution in [2.45, 2.75) is 80.3 Å². The summed E-state index contributed by atoms with van der Waals surface area (Å²) in [6, 6.07) is 66.1. The Kier molecular flexibility index (Phi) is 23.2. The Labute approximate surface area is 652 Å². The highest BCUT2D eigenvalue weighted by Gasteiger charge is 2.23. The fourth-order valence-electron chi connectivity index (χ4n) is 12.0. The van der Waals surface area contributed by atoms with Crippen molar-refractivity contribution in [3.8, 4) is 45.7 Å². The molecule has 8 aromatic carbocycles. The van der Waals surface area contributed by atoms with Crippen LogP contribution in [-0.2, 0) is 0 Å². The largest absolute Gasteiger partial charge is 0.484 e. The molecule has 0 radical (unpaired) electrons. The van der Waals surface area contributed by atoms with Gasteiger partial charge in [0.1, 0.15) is 70.2 Å². The zero-order valence-corrected chi connectivity index (χ0v) is 62.4. The summed E-state index contributed by atoms with van der Waals surface area (Å²) in [7, 11) is 0. The molecule has 0 saturated carbocycles. The molecule has 560 valence electrons. The van der Waals surface area contributed by atoms with Gasteiger partial charge in [0.25, 0.3) is 11.0 Å². The predicted octanol–water partition coefficient (Wildman–Crippen LogP) is 17.3. The highest BCUT2D eigenvalue weighted by atomic mass is 35.5. The summed E-state index contributed by atoms with van der Waals surface area (Å²) in [6.45, 7) is 12.7. The van der Waals surface area contributed by atoms with Gasteiger partial charge in [-0.25, -0.2) is 18.7 Å². The van der Waals surface area contributed by atoms with Gasteiger partial charge in [0, 0.05) is 79.6 Å². The topological polar surface area (TPSA) is 281 Å². The number of hydrogen-bond acceptors (Lipinski definition) is 19. The molecule has 0 aliphatic carbocycles. The Hall–Kier alpha value is -13.9. The van der Waals surface area contributed by atoms with Gasteiger partial charge in [0.05, 0.1) is 84.9 Å². The summed E-state index contributed by atoms with van der Waals surface area (Å²) in [5, 5.41) is 59.0. The van der Waals surface area contributed by atoms with Crippen LogP contribution in [-0.4, -0.2) is 96.9 Å². The number of pyridine rings is 5. The first-order valence-electron chi connectivity index (χ1n) is 35.2. The lowest BCUT2D eigenvalue weighted by Gasteiger charge is -2.13. The lowest BCUT2D eigenvalue weighted by molar-refractivity contribution is -0.884. The number of benzene rings is 8. The first-order chi connectivity index (χ1) is 53.9. The van der Waals surface area contributed by atoms with E-state index in [1.807, 2.05) is 205 Å². The van der Waals surface area contributed by atoms with Crippen molar-refractivity contribution >= 4 is 89.3 Å². The Morgan fingerprint density at radius 3 is 1.15 bits per heavy atom. The molecule has 27 heteroatoms. The summed E-state index contributed by atoms with van der Waals surface area (Å²) >= 11 is 12.2. The van der Waals surface area contributed by atoms with Gasteiger partial charge in [-0.05, 0) is 164 Å². The van der Waals surface area contributed by atoms with Crippen LogP contribution in [0.3, 0.4) is 0 Å². The van der Waals surface area contributed by atoms with E-state index in [4.69, 9.17) is 42.1 Å². The third-order valence-electron chi connectivity index (χ3n) is 18.1. The van der Waals surface area contributed by atoms with Crippen LogP contribution in [0, 0.1) is 6.92 Å². The van der Waals surface area contributed by atoms with Crippen LogP contribution < -0.4 is 28.4 Å². The van der Waals surface area contributed by atoms with Crippen molar-refractivity contribution in [2.75, 3.05) is 0 Å². The minimum absolute atomic E-state index is 0. The minimum atomic E-state index is -0.388. The Morgan fingerprint density at radius 1 is 0.384 bits per heavy atom. The number of aryl methyl sites for hydroxylation is 1. The number of halogens is 2. The lowest BCUT2D eigenvalue weighted by atomic mass is 10.1. The van der Waals surface area contributed by atoms with E-state index in [-0.39, 0.29) is 43.4 Å². The number of ether oxygens (including phenoxy) is 4. The molecular weight excluding hydrogens is 1460 g/mol. The van der Waals surface area contributed by atoms with Crippen molar-refractivity contribution in [1.29, 1.82) is 0 Å². The molecule has 0 saturated heterocycles. The molecule has 4 atom stereocenters. The zero-order valence-electron chi connectivity index (χ0n) is 60.9. The van der Waals surface area contributed by atoms with Crippen LogP contribution in [0.15, 0.2) is 268 Å². The number of fused-ring (bicyclic) bond motifs is 5. The maximum atomic E-state index is 11.7. The van der Waals surface area contributed by atoms with Crippen molar-refractivity contribution in [1.82, 2.24) is 74.9 Å². The van der Waals surface area contributed by atoms with Crippen molar-refractivity contribution < 1.29 is 48.4 Å². The Bertz CT molecular complexity index is 6220. The third-order valence-corrected chi connectivity index (χ3v) is 18.7. The van der Waals surface area contributed by atoms with Gasteiger partial charge in [0.2, 0.25) is 12.4 Å². The molecular formula is C85H75Cl2N17O8+2. The first-order valence-corrected chi connectivity index (χ1v) is 35.9. The number of carbonyl (C=O) groups excluding carboxylic acids is 2. The predicted molar refractivity (Wildman–Crippen MR) is 425 cm³/mol. The summed E-state index contributed by atoms with van der Waals surface area (Å²) in [5.74, 6) is 2.60. The lowest BCUT2D eigenvalue weighted by Crippen LogP contribution is -2.30. The Morgan fingerprint density at radius 2 is 0.732 bits per heavy atom. The second kappa shape index (κ2) is 34.1. The number of para-hydroxylation sites is 4. The van der Waals surface area contributed by atoms with E-state index < -0.39 is 0 Å². The van der Waals surface area contributed by atoms with Gasteiger partial charge < -0.3 is 18.9 Å². The number of nitrogens with zero attached hydrogens (tertiary/aromatic N) is 17. The van der Waals surface area contributed by atoms with Gasteiger partial charge >= 0.3 is 0 Å². The van der Waals surface area contributed by atoms with E-state index >= 15 is 0 Å². The van der Waals surface area contributed by atoms with Gasteiger partial charge in [-0.3, -0.25) is 35.0 Å². The van der Waals surface area contributed by atoms with Crippen LogP contribution in [0.2, 0.25) is 10.0 Å². The SMILES string of the molecule is C.CC(=O)c1cc(-n2cc([C@@H](C)Oc3cc[n+](O)c4ccccc34)nn2)ccc1Cl.CC(=O)c1cc(-n2cc([C@@H](C)Oc3ccnc4ccccc34)nn2)ccc1Cl.C[C@@H](Oc1ccnc2ccccc12)c1cn(-c2ccc3cccnc3c2)nn1.Cc1ccc(-n2cc(C(C)Oc3cc[n+](O)c4ccccc34)nn2)cc1. The normalized spacial score (nSPS) is 12.1. The fraction of sp³-hybridized carbons (Fsp3) is 0.141. The zero-order chi connectivity index (χ0) is 77.2. The molecule has 17 rings (SSSR count). The van der Waals surface area contributed by atoms with Gasteiger partial charge in [0.15, 0.2) is 11.6 Å². The van der Waals surface area contributed by atoms with Crippen LogP contribution in [0.5, 0.6) is 23.0 Å². The number of carbonyl (C=O) groups is 2. The maximum Gasteiger partial charge on any atom is 0.268 e. The molecule has 9 heterocycles. The number of ketones is 2. The van der Waals surface area contributed by atoms with E-state index in [0.29, 0.717) is 66.5 Å². The fourth-order valence-corrected chi connectivity index (χ4v) is 12.5. The summed E-state index contributed by atoms with van der Waals surface area (Å²) in [6.07, 6.45) is 14.4. The van der Waals surface area contributed by atoms with Crippen LogP contribution in [0.1, 0.15) is 122 Å². The standard InChI is InChI=1S/C22H17N5O.C21H18ClN4O3.C21H17ClN4O2.C20H19N4O2.CH4/c1-15(28-22-10-12-24-19-7-3-2-6-18(19)22)21-14-27(26-25-21)17-9-8-16-5-4-11-23-20(16)13-17;1-13(27)17-11-15(7-8-18(17)22)25-12-19(23-24-25)14(2)29-21-9-10-26(28)20-6-4-3-5-16(20)21;1-13(27)17-11-15(7-8-18(17)22)26-12-20(24-25-26)14(2)28-21-9-10-23-19-6-4-3-5-16(19)21;1-14-7-9-16(10-8-14)23-13-18(21-22-23)15(2)26-20-11-12-24(25)19-6-4-3-5-17(19)20;/h2-15H,1H3;3-12,14,28H,1-2H3;3-12,14H,1-2H3;3-13,15,25H,1-2H3;1H4/q;+1;;+1;/t15-;2*14-;;/m111../s1. The van der Waals surface area contributed by atoms with Crippen LogP contribution in [0.25, 0.3) is 77.3 Å². The molecule has 0 aliphatic heterocycles. The molecule has 1 unspecified atom stereocenters. The highest BCUT2D eigenvalue weighted by Crippen LogP contribution is 2.34. The quantitative estimate of drug-likeness (QED) is 0.0458. The summed E-state index contributed by atoms with van der Waals surface area (Å²) in [4.78, 5) is 36.6. The molecule has 0 amide bonds. The molecule has 0 spiro atoms. The molecule has 0 bridgehead atoms. The van der Waals surface area contributed by atoms with E-state index in [2.05, 4.69) is 56.2 Å². The minimum Gasteiger partial charge on any atom is -0.484 e. The van der Waals surface area contributed by atoms with Gasteiger partial charge in [-0.15, -0.1) is 20.4 Å². The Balaban J connectivity index is 0.000000130. The van der Waals surface area contributed by atoms with Crippen molar-refractivity contribution in [3.05, 3.63) is 318 Å². The molecule has 0 fully saturated rings. The van der Waals surface area contributed by atoms with Crippen LogP contribution >= 0.6 is 23.2 Å². The molecule has 0 aliphatic rings. The van der Waals surface area contributed by atoms with Crippen LogP contribution in [0.4, 0.5) is 0 Å². The average Bonchev–Trinajstić information content (AvgIpc) is 1.11. The molecule has 25 nitrogen and oxygen atoms in total. The van der Waals surface area contributed by atoms with E-state index in [0.717, 1.165) is 87.2 Å². The third kappa shape index (κ3) is 17.3. The second-order valence-corrected chi connectivity index (χ2v) is 26.6. The second-order valence-electron chi connectivity index (χ2n) is 25.8. The summed E-state index contributed by atoms with van der Waals surface area (Å²) < 4.78 is 33.2. The molecule has 2 N–H and O–H groups in total.